The van der Waals surface area contributed by atoms with Gasteiger partial charge in [0.25, 0.3) is 10.1 Å². The molecule has 0 radical (unpaired) electrons. The van der Waals surface area contributed by atoms with E-state index in [2.05, 4.69) is 6.58 Å². The number of esters is 1. The minimum absolute atomic E-state index is 0.0666. The van der Waals surface area contributed by atoms with E-state index >= 15 is 0 Å². The molecule has 1 unspecified atom stereocenters. The lowest BCUT2D eigenvalue weighted by atomic mass is 10.1. The Morgan fingerprint density at radius 1 is 1.19 bits per heavy atom. The molecule has 0 saturated heterocycles. The van der Waals surface area contributed by atoms with Crippen molar-refractivity contribution >= 4 is 16.1 Å². The van der Waals surface area contributed by atoms with Crippen LogP contribution in [0, 0.1) is 6.92 Å². The first-order valence-electron chi connectivity index (χ1n) is 7.98. The van der Waals surface area contributed by atoms with Crippen LogP contribution in [0.3, 0.4) is 0 Å². The van der Waals surface area contributed by atoms with Crippen LogP contribution in [0.5, 0.6) is 5.75 Å². The second-order valence-electron chi connectivity index (χ2n) is 5.68. The highest BCUT2D eigenvalue weighted by Gasteiger charge is 2.14. The fraction of sp³-hybridized carbons (Fsp3) is 0.211. The zero-order valence-electron chi connectivity index (χ0n) is 14.9. The predicted octanol–water partition coefficient (Wildman–Crippen LogP) is 2.23. The Hall–Kier alpha value is -2.68. The van der Waals surface area contributed by atoms with Gasteiger partial charge in [-0.1, -0.05) is 42.5 Å². The van der Waals surface area contributed by atoms with Crippen LogP contribution in [0.4, 0.5) is 0 Å². The molecule has 0 aliphatic carbocycles. The molecule has 27 heavy (non-hydrogen) atoms. The van der Waals surface area contributed by atoms with E-state index in [1.165, 1.54) is 18.2 Å². The lowest BCUT2D eigenvalue weighted by Crippen LogP contribution is -2.34. The molecule has 0 spiro atoms. The molecule has 2 aromatic carbocycles. The molecule has 2 aromatic rings. The number of rotatable bonds is 6. The van der Waals surface area contributed by atoms with E-state index in [4.69, 9.17) is 20.1 Å². The van der Waals surface area contributed by atoms with Crippen molar-refractivity contribution in [1.82, 2.24) is 0 Å². The molecule has 0 fully saturated rings. The van der Waals surface area contributed by atoms with Gasteiger partial charge in [-0.3, -0.25) is 9.35 Å². The molecule has 8 heteroatoms. The summed E-state index contributed by atoms with van der Waals surface area (Å²) in [5, 5.41) is 9.08. The Bertz CT molecular complexity index is 845. The van der Waals surface area contributed by atoms with Crippen LogP contribution in [0.2, 0.25) is 0 Å². The lowest BCUT2D eigenvalue weighted by Gasteiger charge is -2.10. The maximum absolute atomic E-state index is 11.3. The van der Waals surface area contributed by atoms with E-state index in [9.17, 15) is 13.2 Å². The molecule has 4 N–H and O–H groups in total. The molecule has 0 amide bonds. The van der Waals surface area contributed by atoms with Gasteiger partial charge in [0.15, 0.2) is 0 Å². The molecule has 0 bridgehead atoms. The second-order valence-corrected chi connectivity index (χ2v) is 7.11. The Morgan fingerprint density at radius 3 is 2.22 bits per heavy atom. The summed E-state index contributed by atoms with van der Waals surface area (Å²) in [5.74, 6) is -0.264. The quantitative estimate of drug-likeness (QED) is 0.390. The summed E-state index contributed by atoms with van der Waals surface area (Å²) in [4.78, 5) is 11.3. The minimum atomic E-state index is -4.02. The van der Waals surface area contributed by atoms with E-state index < -0.39 is 22.1 Å². The molecule has 0 aliphatic heterocycles. The van der Waals surface area contributed by atoms with E-state index in [0.717, 1.165) is 11.1 Å². The van der Waals surface area contributed by atoms with E-state index in [1.807, 2.05) is 6.92 Å². The van der Waals surface area contributed by atoms with Crippen LogP contribution in [0.25, 0.3) is 0 Å². The van der Waals surface area contributed by atoms with Gasteiger partial charge in [-0.05, 0) is 43.2 Å². The summed E-state index contributed by atoms with van der Waals surface area (Å²) in [6.45, 7) is 5.45. The number of phenolic OH excluding ortho intramolecular Hbond substituents is 1. The number of phenols is 1. The highest BCUT2D eigenvalue weighted by Crippen LogP contribution is 2.11. The number of hydrogen-bond donors (Lipinski definition) is 3. The van der Waals surface area contributed by atoms with Crippen LogP contribution >= 0.6 is 0 Å². The number of benzene rings is 2. The lowest BCUT2D eigenvalue weighted by molar-refractivity contribution is -0.143. The Kier molecular flexibility index (Phi) is 8.67. The monoisotopic (exact) mass is 393 g/mol. The first-order valence-corrected chi connectivity index (χ1v) is 9.42. The number of carbonyl (C=O) groups excluding carboxylic acids is 1. The molecule has 0 heterocycles. The predicted molar refractivity (Wildman–Crippen MR) is 102 cm³/mol. The third kappa shape index (κ3) is 8.50. The van der Waals surface area contributed by atoms with Gasteiger partial charge in [0, 0.05) is 0 Å². The Morgan fingerprint density at radius 2 is 1.74 bits per heavy atom. The van der Waals surface area contributed by atoms with Gasteiger partial charge in [0.1, 0.15) is 18.4 Å². The molecule has 0 aromatic heterocycles. The first-order chi connectivity index (χ1) is 12.6. The van der Waals surface area contributed by atoms with Gasteiger partial charge < -0.3 is 15.6 Å². The number of hydrogen-bond acceptors (Lipinski definition) is 6. The molecular formula is C19H23NO6S. The number of carbonyl (C=O) groups is 1. The molecule has 0 saturated carbocycles. The number of aromatic hydroxyl groups is 1. The SMILES string of the molecule is C=CCOC(=O)C(N)Cc1ccc(O)cc1.Cc1ccc(S(=O)(=O)O)cc1. The fourth-order valence-electron chi connectivity index (χ4n) is 1.93. The second kappa shape index (κ2) is 10.5. The molecule has 146 valence electrons. The summed E-state index contributed by atoms with van der Waals surface area (Å²) >= 11 is 0. The van der Waals surface area contributed by atoms with Crippen LogP contribution in [-0.4, -0.2) is 36.7 Å². The van der Waals surface area contributed by atoms with Crippen molar-refractivity contribution in [3.8, 4) is 5.75 Å². The zero-order chi connectivity index (χ0) is 20.4. The largest absolute Gasteiger partial charge is 0.508 e. The van der Waals surface area contributed by atoms with Crippen LogP contribution in [0.15, 0.2) is 66.1 Å². The van der Waals surface area contributed by atoms with Gasteiger partial charge in [-0.25, -0.2) is 0 Å². The summed E-state index contributed by atoms with van der Waals surface area (Å²) in [7, 11) is -4.02. The highest BCUT2D eigenvalue weighted by molar-refractivity contribution is 7.85. The van der Waals surface area contributed by atoms with Crippen molar-refractivity contribution in [2.75, 3.05) is 6.61 Å². The zero-order valence-corrected chi connectivity index (χ0v) is 15.7. The standard InChI is InChI=1S/C12H15NO3.C7H8O3S/c1-2-7-16-12(15)11(13)8-9-3-5-10(14)6-4-9;1-6-2-4-7(5-3-6)11(8,9)10/h2-6,11,14H,1,7-8,13H2;2-5H,1H3,(H,8,9,10). The average Bonchev–Trinajstić information content (AvgIpc) is 2.61. The van der Waals surface area contributed by atoms with Gasteiger partial charge in [-0.15, -0.1) is 0 Å². The van der Waals surface area contributed by atoms with Crippen molar-refractivity contribution in [2.24, 2.45) is 5.73 Å². The van der Waals surface area contributed by atoms with Crippen molar-refractivity contribution in [3.63, 3.8) is 0 Å². The third-order valence-electron chi connectivity index (χ3n) is 3.36. The summed E-state index contributed by atoms with van der Waals surface area (Å²) in [6.07, 6.45) is 1.88. The van der Waals surface area contributed by atoms with E-state index in [1.54, 1.807) is 36.4 Å². The normalized spacial score (nSPS) is 11.7. The Balaban J connectivity index is 0.000000289. The average molecular weight is 393 g/mol. The van der Waals surface area contributed by atoms with Crippen molar-refractivity contribution < 1.29 is 27.6 Å². The first kappa shape index (κ1) is 22.4. The molecule has 1 atom stereocenters. The van der Waals surface area contributed by atoms with Gasteiger partial charge in [0.2, 0.25) is 0 Å². The van der Waals surface area contributed by atoms with Crippen LogP contribution in [0.1, 0.15) is 11.1 Å². The Labute approximate surface area is 158 Å². The van der Waals surface area contributed by atoms with Crippen LogP contribution in [-0.2, 0) is 26.1 Å². The molecular weight excluding hydrogens is 370 g/mol. The topological polar surface area (TPSA) is 127 Å². The smallest absolute Gasteiger partial charge is 0.323 e. The maximum Gasteiger partial charge on any atom is 0.323 e. The maximum atomic E-state index is 11.3. The summed E-state index contributed by atoms with van der Waals surface area (Å²) in [5.41, 5.74) is 7.49. The molecule has 0 aliphatic rings. The van der Waals surface area contributed by atoms with Gasteiger partial charge in [0.05, 0.1) is 4.90 Å². The van der Waals surface area contributed by atoms with E-state index in [0.29, 0.717) is 6.42 Å². The summed E-state index contributed by atoms with van der Waals surface area (Å²) < 4.78 is 34.4. The van der Waals surface area contributed by atoms with Crippen LogP contribution < -0.4 is 5.73 Å². The summed E-state index contributed by atoms with van der Waals surface area (Å²) in [6, 6.07) is 11.8. The minimum Gasteiger partial charge on any atom is -0.508 e. The number of aryl methyl sites for hydroxylation is 1. The number of nitrogens with two attached hydrogens (primary N) is 1. The fourth-order valence-corrected chi connectivity index (χ4v) is 2.41. The molecule has 2 rings (SSSR count). The van der Waals surface area contributed by atoms with Gasteiger partial charge in [-0.2, -0.15) is 8.42 Å². The van der Waals surface area contributed by atoms with Crippen molar-refractivity contribution in [2.45, 2.75) is 24.3 Å². The van der Waals surface area contributed by atoms with Crippen molar-refractivity contribution in [3.05, 3.63) is 72.3 Å². The highest BCUT2D eigenvalue weighted by atomic mass is 32.2. The van der Waals surface area contributed by atoms with Gasteiger partial charge >= 0.3 is 5.97 Å². The third-order valence-corrected chi connectivity index (χ3v) is 4.22. The van der Waals surface area contributed by atoms with E-state index in [-0.39, 0.29) is 17.3 Å². The molecule has 7 nitrogen and oxygen atoms in total. The van der Waals surface area contributed by atoms with Crippen molar-refractivity contribution in [1.29, 1.82) is 0 Å². The number of ether oxygens (including phenoxy) is 1.